The summed E-state index contributed by atoms with van der Waals surface area (Å²) in [7, 11) is -3.61. The van der Waals surface area contributed by atoms with E-state index in [1.54, 1.807) is 15.5 Å². The summed E-state index contributed by atoms with van der Waals surface area (Å²) in [6.07, 6.45) is 12.9. The van der Waals surface area contributed by atoms with Crippen molar-refractivity contribution in [2.24, 2.45) is 0 Å². The van der Waals surface area contributed by atoms with Crippen molar-refractivity contribution >= 4 is 44.7 Å². The van der Waals surface area contributed by atoms with E-state index in [0.717, 1.165) is 120 Å². The normalized spacial score (nSPS) is 19.3. The molecule has 18 heteroatoms. The average Bonchev–Trinajstić information content (AvgIpc) is 3.88. The number of nitrogens with zero attached hydrogens (tertiary/aromatic N) is 7. The number of terminal acetylenes is 1. The van der Waals surface area contributed by atoms with Crippen molar-refractivity contribution in [3.8, 4) is 12.3 Å². The molecule has 2 aromatic heterocycles. The molecule has 1 aromatic carbocycles. The van der Waals surface area contributed by atoms with Crippen LogP contribution < -0.4 is 14.9 Å². The lowest BCUT2D eigenvalue weighted by atomic mass is 9.98. The summed E-state index contributed by atoms with van der Waals surface area (Å²) in [5.41, 5.74) is 2.96. The number of amides is 1. The quantitative estimate of drug-likeness (QED) is 0.106. The zero-order chi connectivity index (χ0) is 42.3. The van der Waals surface area contributed by atoms with Crippen LogP contribution in [0.5, 0.6) is 0 Å². The van der Waals surface area contributed by atoms with E-state index < -0.39 is 10.0 Å². The second-order valence-electron chi connectivity index (χ2n) is 15.7. The highest BCUT2D eigenvalue weighted by Crippen LogP contribution is 2.34. The van der Waals surface area contributed by atoms with Gasteiger partial charge in [0.15, 0.2) is 5.65 Å². The van der Waals surface area contributed by atoms with Crippen LogP contribution in [0.3, 0.4) is 0 Å². The molecule has 0 unspecified atom stereocenters. The number of carbonyl (C=O) groups excluding carboxylic acids is 1. The van der Waals surface area contributed by atoms with Crippen molar-refractivity contribution in [2.45, 2.75) is 51.1 Å². The first-order valence-corrected chi connectivity index (χ1v) is 23.5. The van der Waals surface area contributed by atoms with Crippen LogP contribution in [0.15, 0.2) is 30.5 Å². The topological polar surface area (TPSA) is 155 Å². The Bertz CT molecular complexity index is 1990. The van der Waals surface area contributed by atoms with Gasteiger partial charge >= 0.3 is 0 Å². The summed E-state index contributed by atoms with van der Waals surface area (Å²) in [5, 5.41) is 9.06. The zero-order valence-electron chi connectivity index (χ0n) is 35.2. The molecule has 0 radical (unpaired) electrons. The number of anilines is 2. The van der Waals surface area contributed by atoms with Crippen LogP contribution in [0.4, 0.5) is 11.5 Å². The Hall–Kier alpha value is -3.57. The van der Waals surface area contributed by atoms with E-state index in [4.69, 9.17) is 47.1 Å². The molecule has 3 aliphatic rings. The maximum Gasteiger partial charge on any atom is 0.256 e. The lowest BCUT2D eigenvalue weighted by molar-refractivity contribution is -0.00258. The molecule has 3 fully saturated rings. The third-order valence-corrected chi connectivity index (χ3v) is 12.0. The number of benzene rings is 1. The highest BCUT2D eigenvalue weighted by Gasteiger charge is 2.33. The van der Waals surface area contributed by atoms with E-state index in [1.165, 1.54) is 12.1 Å². The SMILES string of the molecule is C#CCOCCOCCOCCOCCN1CCN(CCCN[C@H]2CCN(c3nc4cc([C@H]5CCCCN5C(=O)c5cc(Cl)ccc5NS(C)(=O)=O)nn4cc3C)C2)CC1. The summed E-state index contributed by atoms with van der Waals surface area (Å²) >= 11 is 6.28. The zero-order valence-corrected chi connectivity index (χ0v) is 36.7. The van der Waals surface area contributed by atoms with Crippen molar-refractivity contribution in [3.05, 3.63) is 52.3 Å². The number of halogens is 1. The van der Waals surface area contributed by atoms with Crippen molar-refractivity contribution in [3.63, 3.8) is 0 Å². The number of hydrogen-bond acceptors (Lipinski definition) is 13. The minimum atomic E-state index is -3.61. The van der Waals surface area contributed by atoms with Crippen LogP contribution in [0.2, 0.25) is 5.02 Å². The van der Waals surface area contributed by atoms with Crippen LogP contribution in [0.25, 0.3) is 5.65 Å². The Labute approximate surface area is 360 Å². The first-order valence-electron chi connectivity index (χ1n) is 21.2. The van der Waals surface area contributed by atoms with Gasteiger partial charge in [-0.25, -0.2) is 17.9 Å². The predicted molar refractivity (Wildman–Crippen MR) is 233 cm³/mol. The van der Waals surface area contributed by atoms with Crippen LogP contribution in [0, 0.1) is 19.3 Å². The fourth-order valence-corrected chi connectivity index (χ4v) is 8.82. The van der Waals surface area contributed by atoms with Gasteiger partial charge in [0.25, 0.3) is 5.91 Å². The molecule has 330 valence electrons. The number of aromatic nitrogens is 3. The fraction of sp³-hybridized carbons (Fsp3) is 0.643. The number of hydrogen-bond donors (Lipinski definition) is 2. The fourth-order valence-electron chi connectivity index (χ4n) is 8.07. The standard InChI is InChI=1S/C42H62ClN9O7S/c1-4-21-56-23-25-58-27-28-59-26-24-57-22-20-49-18-16-48(17-19-49)13-7-12-44-35-11-15-50(32-35)41-33(2)31-52-40(45-41)30-38(46-52)39-8-5-6-14-51(39)42(53)36-29-34(43)9-10-37(36)47-60(3,54)55/h1,9-10,29-31,35,39,44,47H,5-8,11-28,32H2,2-3H3/t35-,39+/m0/s1. The Morgan fingerprint density at radius 2 is 1.62 bits per heavy atom. The molecule has 5 heterocycles. The van der Waals surface area contributed by atoms with Gasteiger partial charge in [0.05, 0.1) is 75.5 Å². The minimum Gasteiger partial charge on any atom is -0.378 e. The Morgan fingerprint density at radius 1 is 0.917 bits per heavy atom. The summed E-state index contributed by atoms with van der Waals surface area (Å²) < 4.78 is 50.4. The molecule has 3 aromatic rings. The van der Waals surface area contributed by atoms with Crippen LogP contribution in [0.1, 0.15) is 59.8 Å². The first-order chi connectivity index (χ1) is 29.1. The Morgan fingerprint density at radius 3 is 2.33 bits per heavy atom. The molecule has 0 spiro atoms. The van der Waals surface area contributed by atoms with Crippen molar-refractivity contribution in [1.82, 2.24) is 34.6 Å². The number of likely N-dealkylation sites (tertiary alicyclic amines) is 1. The number of piperazine rings is 1. The monoisotopic (exact) mass is 871 g/mol. The number of ether oxygens (including phenoxy) is 4. The average molecular weight is 873 g/mol. The van der Waals surface area contributed by atoms with Gasteiger partial charge in [-0.05, 0) is 70.3 Å². The number of rotatable bonds is 23. The number of piperidine rings is 1. The first kappa shape index (κ1) is 45.9. The van der Waals surface area contributed by atoms with E-state index >= 15 is 0 Å². The summed E-state index contributed by atoms with van der Waals surface area (Å²) in [5.74, 6) is 3.10. The number of carbonyl (C=O) groups is 1. The molecule has 3 aliphatic heterocycles. The number of fused-ring (bicyclic) bond motifs is 1. The lowest BCUT2D eigenvalue weighted by Crippen LogP contribution is -2.47. The van der Waals surface area contributed by atoms with Gasteiger partial charge in [0.1, 0.15) is 12.4 Å². The van der Waals surface area contributed by atoms with E-state index in [1.807, 2.05) is 12.3 Å². The van der Waals surface area contributed by atoms with Crippen LogP contribution in [-0.2, 0) is 29.0 Å². The second-order valence-corrected chi connectivity index (χ2v) is 17.9. The maximum absolute atomic E-state index is 14.0. The van der Waals surface area contributed by atoms with Gasteiger partial charge in [-0.15, -0.1) is 6.42 Å². The summed E-state index contributed by atoms with van der Waals surface area (Å²) in [4.78, 5) is 28.3. The Balaban J connectivity index is 0.892. The van der Waals surface area contributed by atoms with Crippen molar-refractivity contribution in [2.75, 3.05) is 134 Å². The molecule has 2 atom stereocenters. The predicted octanol–water partition coefficient (Wildman–Crippen LogP) is 3.31. The van der Waals surface area contributed by atoms with Gasteiger partial charge < -0.3 is 39.0 Å². The Kier molecular flexibility index (Phi) is 17.6. The van der Waals surface area contributed by atoms with Crippen molar-refractivity contribution in [1.29, 1.82) is 0 Å². The van der Waals surface area contributed by atoms with Gasteiger partial charge in [0.2, 0.25) is 10.0 Å². The molecule has 3 saturated heterocycles. The maximum atomic E-state index is 14.0. The van der Waals surface area contributed by atoms with E-state index in [9.17, 15) is 13.2 Å². The molecule has 0 aliphatic carbocycles. The number of sulfonamides is 1. The molecule has 2 N–H and O–H groups in total. The highest BCUT2D eigenvalue weighted by atomic mass is 35.5. The van der Waals surface area contributed by atoms with Gasteiger partial charge in [-0.3, -0.25) is 14.4 Å². The molecule has 1 amide bonds. The third kappa shape index (κ3) is 13.7. The van der Waals surface area contributed by atoms with Crippen LogP contribution in [-0.4, -0.2) is 174 Å². The summed E-state index contributed by atoms with van der Waals surface area (Å²) in [6, 6.07) is 6.71. The minimum absolute atomic E-state index is 0.205. The highest BCUT2D eigenvalue weighted by molar-refractivity contribution is 7.92. The van der Waals surface area contributed by atoms with Gasteiger partial charge in [-0.1, -0.05) is 17.5 Å². The lowest BCUT2D eigenvalue weighted by Gasteiger charge is -2.35. The van der Waals surface area contributed by atoms with E-state index in [0.29, 0.717) is 70.5 Å². The number of nitrogens with one attached hydrogen (secondary N) is 2. The van der Waals surface area contributed by atoms with Gasteiger partial charge in [0, 0.05) is 81.2 Å². The molecule has 0 saturated carbocycles. The molecule has 16 nitrogen and oxygen atoms in total. The van der Waals surface area contributed by atoms with Crippen LogP contribution >= 0.6 is 11.6 Å². The number of aryl methyl sites for hydroxylation is 1. The van der Waals surface area contributed by atoms with E-state index in [-0.39, 0.29) is 23.2 Å². The molecule has 0 bridgehead atoms. The van der Waals surface area contributed by atoms with E-state index in [2.05, 4.69) is 37.6 Å². The smallest absolute Gasteiger partial charge is 0.256 e. The summed E-state index contributed by atoms with van der Waals surface area (Å²) in [6.45, 7) is 16.0. The molecular formula is C42H62ClN9O7S. The molecular weight excluding hydrogens is 810 g/mol. The molecule has 60 heavy (non-hydrogen) atoms. The largest absolute Gasteiger partial charge is 0.378 e. The van der Waals surface area contributed by atoms with Gasteiger partial charge in [-0.2, -0.15) is 5.10 Å². The molecule has 6 rings (SSSR count). The second kappa shape index (κ2) is 23.0. The third-order valence-electron chi connectivity index (χ3n) is 11.1. The van der Waals surface area contributed by atoms with Crippen molar-refractivity contribution < 1.29 is 32.2 Å².